The minimum absolute atomic E-state index is 0.0478. The van der Waals surface area contributed by atoms with Crippen molar-refractivity contribution in [3.63, 3.8) is 0 Å². The molecule has 1 aliphatic heterocycles. The average molecular weight is 484 g/mol. The summed E-state index contributed by atoms with van der Waals surface area (Å²) < 4.78 is 34.5. The summed E-state index contributed by atoms with van der Waals surface area (Å²) in [5.41, 5.74) is 6.73. The Hall–Kier alpha value is -2.58. The maximum absolute atomic E-state index is 13.0. The maximum Gasteiger partial charge on any atom is 0.326 e. The number of carboxylic acids is 1. The number of benzene rings is 1. The minimum Gasteiger partial charge on any atom is -0.480 e. The van der Waals surface area contributed by atoms with Crippen molar-refractivity contribution in [1.29, 1.82) is 0 Å². The third-order valence-corrected chi connectivity index (χ3v) is 7.15. The number of nitrogens with one attached hydrogen (secondary N) is 2. The molecule has 0 spiro atoms. The van der Waals surface area contributed by atoms with Gasteiger partial charge >= 0.3 is 5.97 Å². The molecule has 0 bridgehead atoms. The number of amides is 1. The van der Waals surface area contributed by atoms with E-state index >= 15 is 0 Å². The number of morpholine rings is 1. The first kappa shape index (κ1) is 24.1. The number of aliphatic carboxylic acids is 1. The lowest BCUT2D eigenvalue weighted by Crippen LogP contribution is -2.56. The minimum atomic E-state index is -3.99. The Morgan fingerprint density at radius 3 is 2.47 bits per heavy atom. The quantitative estimate of drug-likeness (QED) is 0.355. The number of hydrogen-bond donors (Lipinski definition) is 4. The standard InChI is InChI=1S/C19H25N5O6S2/c20-19-21-14(12-31-19)11-16(18(26)27)22-17(25)15(10-13-4-2-1-3-5-13)23-32(28,29)24-6-8-30-9-7-24/h1-5,12,15-16,23H,6-11H2,(H2,20,21)(H,22,25)(H,26,27)/t15-,16-/m0/s1. The molecule has 1 fully saturated rings. The Bertz CT molecular complexity index is 1020. The lowest BCUT2D eigenvalue weighted by molar-refractivity contribution is -0.142. The Balaban J connectivity index is 1.77. The van der Waals surface area contributed by atoms with Gasteiger partial charge in [-0.1, -0.05) is 30.3 Å². The molecule has 5 N–H and O–H groups in total. The molecule has 3 rings (SSSR count). The van der Waals surface area contributed by atoms with Crippen LogP contribution in [0, 0.1) is 0 Å². The number of nitrogens with two attached hydrogens (primary N) is 1. The van der Waals surface area contributed by atoms with Gasteiger partial charge in [0.25, 0.3) is 10.2 Å². The fourth-order valence-electron chi connectivity index (χ4n) is 3.18. The molecule has 13 heteroatoms. The third-order valence-electron chi connectivity index (χ3n) is 4.80. The number of anilines is 1. The number of nitrogens with zero attached hydrogens (tertiary/aromatic N) is 2. The number of aromatic nitrogens is 1. The van der Waals surface area contributed by atoms with E-state index in [0.717, 1.165) is 16.9 Å². The number of nitrogen functional groups attached to an aromatic ring is 1. The zero-order valence-electron chi connectivity index (χ0n) is 17.1. The van der Waals surface area contributed by atoms with Gasteiger partial charge in [0, 0.05) is 24.9 Å². The van der Waals surface area contributed by atoms with Crippen molar-refractivity contribution in [1.82, 2.24) is 19.3 Å². The molecule has 0 radical (unpaired) electrons. The van der Waals surface area contributed by atoms with E-state index in [9.17, 15) is 23.1 Å². The lowest BCUT2D eigenvalue weighted by atomic mass is 10.1. The largest absolute Gasteiger partial charge is 0.480 e. The predicted molar refractivity (Wildman–Crippen MR) is 118 cm³/mol. The monoisotopic (exact) mass is 483 g/mol. The number of rotatable bonds is 10. The summed E-state index contributed by atoms with van der Waals surface area (Å²) in [7, 11) is -3.99. The van der Waals surface area contributed by atoms with Crippen LogP contribution in [0.15, 0.2) is 35.7 Å². The first-order valence-corrected chi connectivity index (χ1v) is 12.2. The smallest absolute Gasteiger partial charge is 0.326 e. The van der Waals surface area contributed by atoms with E-state index in [2.05, 4.69) is 15.0 Å². The van der Waals surface area contributed by atoms with Gasteiger partial charge in [0.2, 0.25) is 5.91 Å². The predicted octanol–water partition coefficient (Wildman–Crippen LogP) is -0.385. The molecule has 0 aliphatic carbocycles. The highest BCUT2D eigenvalue weighted by atomic mass is 32.2. The van der Waals surface area contributed by atoms with Crippen LogP contribution >= 0.6 is 11.3 Å². The van der Waals surface area contributed by atoms with Crippen molar-refractivity contribution in [2.45, 2.75) is 24.9 Å². The van der Waals surface area contributed by atoms with Gasteiger partial charge in [0.1, 0.15) is 12.1 Å². The second kappa shape index (κ2) is 10.8. The second-order valence-corrected chi connectivity index (χ2v) is 9.75. The van der Waals surface area contributed by atoms with Gasteiger partial charge in [-0.2, -0.15) is 17.4 Å². The van der Waals surface area contributed by atoms with E-state index in [1.165, 1.54) is 4.31 Å². The molecule has 2 aromatic rings. The van der Waals surface area contributed by atoms with Crippen LogP contribution in [0.3, 0.4) is 0 Å². The molecule has 32 heavy (non-hydrogen) atoms. The number of carboxylic acid groups (broad SMARTS) is 1. The van der Waals surface area contributed by atoms with E-state index in [1.54, 1.807) is 35.7 Å². The summed E-state index contributed by atoms with van der Waals surface area (Å²) >= 11 is 1.16. The van der Waals surface area contributed by atoms with Crippen molar-refractivity contribution in [2.24, 2.45) is 0 Å². The average Bonchev–Trinajstić information content (AvgIpc) is 3.18. The van der Waals surface area contributed by atoms with E-state index in [-0.39, 0.29) is 44.3 Å². The lowest BCUT2D eigenvalue weighted by Gasteiger charge is -2.28. The molecular weight excluding hydrogens is 458 g/mol. The SMILES string of the molecule is Nc1nc(C[C@H](NC(=O)[C@H](Cc2ccccc2)NS(=O)(=O)N2CCOCC2)C(=O)O)cs1. The summed E-state index contributed by atoms with van der Waals surface area (Å²) in [6, 6.07) is 6.35. The first-order valence-electron chi connectivity index (χ1n) is 9.87. The van der Waals surface area contributed by atoms with E-state index in [1.807, 2.05) is 0 Å². The zero-order chi connectivity index (χ0) is 23.1. The molecule has 2 atom stereocenters. The van der Waals surface area contributed by atoms with Gasteiger partial charge in [-0.25, -0.2) is 9.78 Å². The van der Waals surface area contributed by atoms with Gasteiger partial charge in [-0.15, -0.1) is 11.3 Å². The molecule has 1 saturated heterocycles. The Labute approximate surface area is 189 Å². The van der Waals surface area contributed by atoms with Crippen LogP contribution in [0.5, 0.6) is 0 Å². The highest BCUT2D eigenvalue weighted by Gasteiger charge is 2.32. The molecule has 1 aromatic heterocycles. The molecule has 1 amide bonds. The van der Waals surface area contributed by atoms with Crippen LogP contribution in [0.2, 0.25) is 0 Å². The van der Waals surface area contributed by atoms with E-state index in [0.29, 0.717) is 5.69 Å². The number of carbonyl (C=O) groups is 2. The zero-order valence-corrected chi connectivity index (χ0v) is 18.8. The van der Waals surface area contributed by atoms with Crippen molar-refractivity contribution in [2.75, 3.05) is 32.0 Å². The fraction of sp³-hybridized carbons (Fsp3) is 0.421. The number of hydrogen-bond acceptors (Lipinski definition) is 8. The highest BCUT2D eigenvalue weighted by molar-refractivity contribution is 7.87. The fourth-order valence-corrected chi connectivity index (χ4v) is 5.08. The van der Waals surface area contributed by atoms with Gasteiger partial charge in [0.15, 0.2) is 5.13 Å². The number of ether oxygens (including phenoxy) is 1. The van der Waals surface area contributed by atoms with Crippen molar-refractivity contribution in [3.05, 3.63) is 47.0 Å². The Morgan fingerprint density at radius 2 is 1.88 bits per heavy atom. The molecule has 2 heterocycles. The van der Waals surface area contributed by atoms with Gasteiger partial charge < -0.3 is 20.9 Å². The molecule has 11 nitrogen and oxygen atoms in total. The van der Waals surface area contributed by atoms with Crippen LogP contribution in [-0.4, -0.2) is 73.1 Å². The Morgan fingerprint density at radius 1 is 1.19 bits per heavy atom. The van der Waals surface area contributed by atoms with Crippen LogP contribution in [-0.2, 0) is 37.4 Å². The van der Waals surface area contributed by atoms with Crippen LogP contribution < -0.4 is 15.8 Å². The summed E-state index contributed by atoms with van der Waals surface area (Å²) in [5.74, 6) is -2.01. The van der Waals surface area contributed by atoms with E-state index in [4.69, 9.17) is 10.5 Å². The summed E-state index contributed by atoms with van der Waals surface area (Å²) in [5, 5.41) is 13.9. The van der Waals surface area contributed by atoms with Crippen LogP contribution in [0.1, 0.15) is 11.3 Å². The molecule has 0 unspecified atom stereocenters. The molecule has 1 aliphatic rings. The second-order valence-electron chi connectivity index (χ2n) is 7.16. The maximum atomic E-state index is 13.0. The third kappa shape index (κ3) is 6.71. The van der Waals surface area contributed by atoms with E-state index < -0.39 is 34.2 Å². The van der Waals surface area contributed by atoms with Crippen molar-refractivity contribution in [3.8, 4) is 0 Å². The normalized spacial score (nSPS) is 16.9. The molecule has 0 saturated carbocycles. The Kier molecular flexibility index (Phi) is 8.15. The van der Waals surface area contributed by atoms with Gasteiger partial charge in [-0.3, -0.25) is 4.79 Å². The molecule has 174 valence electrons. The molecule has 1 aromatic carbocycles. The number of thiazole rings is 1. The van der Waals surface area contributed by atoms with Gasteiger partial charge in [0.05, 0.1) is 18.9 Å². The van der Waals surface area contributed by atoms with Crippen LogP contribution in [0.25, 0.3) is 0 Å². The summed E-state index contributed by atoms with van der Waals surface area (Å²) in [6.07, 6.45) is -0.0325. The number of carbonyl (C=O) groups excluding carboxylic acids is 1. The molecular formula is C19H25N5O6S2. The highest BCUT2D eigenvalue weighted by Crippen LogP contribution is 2.14. The topological polar surface area (TPSA) is 164 Å². The van der Waals surface area contributed by atoms with Gasteiger partial charge in [-0.05, 0) is 12.0 Å². The summed E-state index contributed by atoms with van der Waals surface area (Å²) in [4.78, 5) is 28.8. The summed E-state index contributed by atoms with van der Waals surface area (Å²) in [6.45, 7) is 0.846. The van der Waals surface area contributed by atoms with Crippen molar-refractivity contribution >= 4 is 38.6 Å². The van der Waals surface area contributed by atoms with Crippen molar-refractivity contribution < 1.29 is 27.9 Å². The van der Waals surface area contributed by atoms with Crippen LogP contribution in [0.4, 0.5) is 5.13 Å². The first-order chi connectivity index (χ1) is 15.2.